The van der Waals surface area contributed by atoms with Gasteiger partial charge in [0.05, 0.1) is 18.4 Å². The van der Waals surface area contributed by atoms with E-state index in [-0.39, 0.29) is 37.9 Å². The van der Waals surface area contributed by atoms with Crippen LogP contribution in [-0.2, 0) is 25.5 Å². The van der Waals surface area contributed by atoms with Crippen molar-refractivity contribution in [1.29, 1.82) is 0 Å². The number of rotatable bonds is 11. The summed E-state index contributed by atoms with van der Waals surface area (Å²) in [5, 5.41) is 11.4. The highest BCUT2D eigenvalue weighted by molar-refractivity contribution is 5.81. The number of esters is 1. The Balaban J connectivity index is 2.04. The third kappa shape index (κ3) is 7.03. The van der Waals surface area contributed by atoms with E-state index >= 15 is 0 Å². The van der Waals surface area contributed by atoms with Crippen LogP contribution in [0.3, 0.4) is 0 Å². The molecule has 1 unspecified atom stereocenters. The highest BCUT2D eigenvalue weighted by Crippen LogP contribution is 2.29. The summed E-state index contributed by atoms with van der Waals surface area (Å²) < 4.78 is 5.28. The summed E-state index contributed by atoms with van der Waals surface area (Å²) in [6, 6.07) is 18.1. The molecule has 30 heavy (non-hydrogen) atoms. The van der Waals surface area contributed by atoms with Gasteiger partial charge in [0, 0.05) is 13.0 Å². The van der Waals surface area contributed by atoms with Gasteiger partial charge < -0.3 is 15.2 Å². The Kier molecular flexibility index (Phi) is 8.59. The first-order valence-corrected chi connectivity index (χ1v) is 10.1. The van der Waals surface area contributed by atoms with Gasteiger partial charge in [0.1, 0.15) is 0 Å². The van der Waals surface area contributed by atoms with Crippen LogP contribution in [0.2, 0.25) is 0 Å². The summed E-state index contributed by atoms with van der Waals surface area (Å²) in [6.07, 6.45) is 0.581. The molecule has 0 aliphatic rings. The minimum atomic E-state index is -1.01. The fourth-order valence-corrected chi connectivity index (χ4v) is 3.25. The Morgan fingerprint density at radius 3 is 2.20 bits per heavy atom. The summed E-state index contributed by atoms with van der Waals surface area (Å²) in [5.41, 5.74) is 2.43. The van der Waals surface area contributed by atoms with Crippen molar-refractivity contribution >= 4 is 17.8 Å². The van der Waals surface area contributed by atoms with Crippen molar-refractivity contribution in [3.05, 3.63) is 60.2 Å². The van der Waals surface area contributed by atoms with Crippen molar-refractivity contribution in [3.63, 3.8) is 0 Å². The monoisotopic (exact) mass is 411 g/mol. The Morgan fingerprint density at radius 2 is 1.60 bits per heavy atom. The van der Waals surface area contributed by atoms with E-state index in [1.807, 2.05) is 61.5 Å². The quantitative estimate of drug-likeness (QED) is 0.548. The van der Waals surface area contributed by atoms with Gasteiger partial charge >= 0.3 is 11.9 Å². The first-order chi connectivity index (χ1) is 14.3. The average molecular weight is 411 g/mol. The number of carbonyl (C=O) groups excluding carboxylic acids is 2. The van der Waals surface area contributed by atoms with Crippen molar-refractivity contribution in [3.8, 4) is 11.1 Å². The summed E-state index contributed by atoms with van der Waals surface area (Å²) in [4.78, 5) is 35.0. The lowest BCUT2D eigenvalue weighted by Gasteiger charge is -2.27. The van der Waals surface area contributed by atoms with Crippen LogP contribution in [0.25, 0.3) is 11.1 Å². The molecule has 1 atom stereocenters. The van der Waals surface area contributed by atoms with E-state index < -0.39 is 11.4 Å². The van der Waals surface area contributed by atoms with Crippen LogP contribution in [0, 0.1) is 5.41 Å². The lowest BCUT2D eigenvalue weighted by atomic mass is 9.80. The van der Waals surface area contributed by atoms with E-state index in [0.29, 0.717) is 12.8 Å². The van der Waals surface area contributed by atoms with Crippen molar-refractivity contribution in [2.24, 2.45) is 5.41 Å². The summed E-state index contributed by atoms with van der Waals surface area (Å²) in [6.45, 7) is 4.16. The Labute approximate surface area is 177 Å². The molecule has 0 spiro atoms. The topological polar surface area (TPSA) is 92.7 Å². The molecule has 0 heterocycles. The predicted octanol–water partition coefficient (Wildman–Crippen LogP) is 3.84. The fraction of sp³-hybridized carbons (Fsp3) is 0.375. The number of hydrogen-bond acceptors (Lipinski definition) is 4. The van der Waals surface area contributed by atoms with Gasteiger partial charge in [0.25, 0.3) is 0 Å². The lowest BCUT2D eigenvalue weighted by molar-refractivity contribution is -0.155. The van der Waals surface area contributed by atoms with Gasteiger partial charge in [-0.15, -0.1) is 0 Å². The van der Waals surface area contributed by atoms with Gasteiger partial charge in [0.2, 0.25) is 5.91 Å². The molecule has 2 aromatic carbocycles. The Morgan fingerprint density at radius 1 is 0.967 bits per heavy atom. The van der Waals surface area contributed by atoms with Crippen LogP contribution >= 0.6 is 0 Å². The molecule has 0 saturated carbocycles. The molecule has 0 radical (unpaired) electrons. The second-order valence-electron chi connectivity index (χ2n) is 7.51. The van der Waals surface area contributed by atoms with E-state index in [1.54, 1.807) is 6.92 Å². The second-order valence-corrected chi connectivity index (χ2v) is 7.51. The third-order valence-corrected chi connectivity index (χ3v) is 4.99. The van der Waals surface area contributed by atoms with Crippen LogP contribution in [0.1, 0.15) is 38.7 Å². The zero-order valence-corrected chi connectivity index (χ0v) is 17.5. The smallest absolute Gasteiger partial charge is 0.312 e. The minimum absolute atomic E-state index is 0.0770. The molecule has 2 rings (SSSR count). The molecule has 2 aromatic rings. The average Bonchev–Trinajstić information content (AvgIpc) is 2.73. The van der Waals surface area contributed by atoms with Gasteiger partial charge in [-0.3, -0.25) is 14.4 Å². The van der Waals surface area contributed by atoms with E-state index in [2.05, 4.69) is 5.32 Å². The molecule has 0 saturated heterocycles. The first kappa shape index (κ1) is 23.1. The van der Waals surface area contributed by atoms with Crippen molar-refractivity contribution in [1.82, 2.24) is 5.32 Å². The molecule has 1 amide bonds. The van der Waals surface area contributed by atoms with Crippen LogP contribution < -0.4 is 5.32 Å². The third-order valence-electron chi connectivity index (χ3n) is 4.99. The number of aliphatic carboxylic acids is 1. The van der Waals surface area contributed by atoms with E-state index in [0.717, 1.165) is 16.7 Å². The van der Waals surface area contributed by atoms with Crippen molar-refractivity contribution in [2.75, 3.05) is 13.2 Å². The Hall–Kier alpha value is -3.15. The first-order valence-electron chi connectivity index (χ1n) is 10.1. The molecule has 6 nitrogen and oxygen atoms in total. The van der Waals surface area contributed by atoms with Crippen LogP contribution in [0.15, 0.2) is 54.6 Å². The molecule has 0 aliphatic heterocycles. The molecule has 0 fully saturated rings. The maximum Gasteiger partial charge on any atom is 0.312 e. The number of carboxylic acids is 1. The molecule has 0 aliphatic carbocycles. The molecular formula is C24H29NO5. The number of benzene rings is 2. The maximum atomic E-state index is 12.6. The van der Waals surface area contributed by atoms with Gasteiger partial charge in [0.15, 0.2) is 0 Å². The lowest BCUT2D eigenvalue weighted by Crippen LogP contribution is -2.37. The summed E-state index contributed by atoms with van der Waals surface area (Å²) >= 11 is 0. The minimum Gasteiger partial charge on any atom is -0.481 e. The molecule has 0 bridgehead atoms. The summed E-state index contributed by atoms with van der Waals surface area (Å²) in [5.74, 6) is -1.66. The number of carbonyl (C=O) groups is 3. The molecule has 0 aromatic heterocycles. The van der Waals surface area contributed by atoms with Crippen molar-refractivity contribution < 1.29 is 24.2 Å². The highest BCUT2D eigenvalue weighted by atomic mass is 16.5. The second kappa shape index (κ2) is 11.1. The highest BCUT2D eigenvalue weighted by Gasteiger charge is 2.34. The number of carboxylic acid groups (broad SMARTS) is 1. The largest absolute Gasteiger partial charge is 0.481 e. The molecule has 6 heteroatoms. The van der Waals surface area contributed by atoms with E-state index in [4.69, 9.17) is 9.84 Å². The predicted molar refractivity (Wildman–Crippen MR) is 115 cm³/mol. The van der Waals surface area contributed by atoms with Crippen LogP contribution in [0.4, 0.5) is 0 Å². The SMILES string of the molecule is CCOC(=O)C(C)(CCNC(=O)CCC(=O)O)Cc1ccc(-c2ccccc2)cc1. The normalized spacial score (nSPS) is 12.6. The van der Waals surface area contributed by atoms with Crippen LogP contribution in [0.5, 0.6) is 0 Å². The summed E-state index contributed by atoms with van der Waals surface area (Å²) in [7, 11) is 0. The van der Waals surface area contributed by atoms with E-state index in [1.165, 1.54) is 0 Å². The number of amides is 1. The zero-order chi connectivity index (χ0) is 22.0. The molecule has 2 N–H and O–H groups in total. The van der Waals surface area contributed by atoms with E-state index in [9.17, 15) is 14.4 Å². The standard InChI is InChI=1S/C24H29NO5/c1-3-30-23(29)24(2,15-16-25-21(26)13-14-22(27)28)17-18-9-11-20(12-10-18)19-7-5-4-6-8-19/h4-12H,3,13-17H2,1-2H3,(H,25,26)(H,27,28). The zero-order valence-electron chi connectivity index (χ0n) is 17.5. The van der Waals surface area contributed by atoms with Crippen molar-refractivity contribution in [2.45, 2.75) is 39.5 Å². The molecular weight excluding hydrogens is 382 g/mol. The van der Waals surface area contributed by atoms with Gasteiger partial charge in [-0.2, -0.15) is 0 Å². The van der Waals surface area contributed by atoms with Gasteiger partial charge in [-0.05, 0) is 43.4 Å². The van der Waals surface area contributed by atoms with Gasteiger partial charge in [-0.25, -0.2) is 0 Å². The number of hydrogen-bond donors (Lipinski definition) is 2. The maximum absolute atomic E-state index is 12.6. The Bertz CT molecular complexity index is 848. The number of nitrogens with one attached hydrogen (secondary N) is 1. The molecule has 160 valence electrons. The van der Waals surface area contributed by atoms with Gasteiger partial charge in [-0.1, -0.05) is 54.6 Å². The fourth-order valence-electron chi connectivity index (χ4n) is 3.25. The van der Waals surface area contributed by atoms with Crippen LogP contribution in [-0.4, -0.2) is 36.1 Å². The number of ether oxygens (including phenoxy) is 1.